The molecule has 1 fully saturated rings. The van der Waals surface area contributed by atoms with Crippen molar-refractivity contribution < 1.29 is 86.1 Å². The monoisotopic (exact) mass is 788 g/mol. The standard InChI is InChI=1S/C36H68O18/c1-23(47-17-41-7)13-29-15-31(49-19-43-9)25(3)35(39,51-21-45-11)28(6)34(38)54-30(14-24(2)48-18-42-8)16-32(50-20-44-10)26(4)36(40,52-22-46-12)27(5)33(37)53-29/h23-32,39-40H,13-22H2,1-12H3/t23-,24-,25-,26-,27-,28-,29+,30?,31?,32+,35+,36+/m0/s1. The van der Waals surface area contributed by atoms with Gasteiger partial charge in [-0.2, -0.15) is 0 Å². The first-order valence-corrected chi connectivity index (χ1v) is 18.1. The number of ether oxygens (including phenoxy) is 14. The largest absolute Gasteiger partial charge is 0.462 e. The molecule has 0 saturated carbocycles. The number of hydrogen-bond donors (Lipinski definition) is 2. The van der Waals surface area contributed by atoms with Crippen LogP contribution < -0.4 is 0 Å². The van der Waals surface area contributed by atoms with Gasteiger partial charge in [0.15, 0.2) is 11.6 Å². The topological polar surface area (TPSA) is 204 Å². The Morgan fingerprint density at radius 3 is 1.19 bits per heavy atom. The highest BCUT2D eigenvalue weighted by molar-refractivity contribution is 5.74. The number of aliphatic hydroxyl groups is 2. The Hall–Kier alpha value is -1.62. The van der Waals surface area contributed by atoms with Gasteiger partial charge in [-0.15, -0.1) is 0 Å². The SMILES string of the molecule is COCOC1C[C@@H](C[C@H](C)OCOC)OC(=O)[C@H](C)[C@](O)(OCOC)[C@@H](C)[C@H](OCOC)CC(C[C@H](C)OCOC)OC(=O)[C@H](C)[C@](O)(OCOC)[C@H]1C. The molecule has 0 bridgehead atoms. The lowest BCUT2D eigenvalue weighted by Gasteiger charge is -2.43. The number of hydrogen-bond acceptors (Lipinski definition) is 18. The molecule has 0 radical (unpaired) electrons. The van der Waals surface area contributed by atoms with E-state index in [1.54, 1.807) is 27.7 Å². The molecule has 1 rings (SSSR count). The van der Waals surface area contributed by atoms with Crippen LogP contribution in [-0.4, -0.2) is 154 Å². The van der Waals surface area contributed by atoms with Crippen LogP contribution in [0.3, 0.4) is 0 Å². The van der Waals surface area contributed by atoms with Crippen molar-refractivity contribution in [2.24, 2.45) is 23.7 Å². The lowest BCUT2D eigenvalue weighted by molar-refractivity contribution is -0.312. The quantitative estimate of drug-likeness (QED) is 0.120. The third-order valence-corrected chi connectivity index (χ3v) is 9.67. The van der Waals surface area contributed by atoms with Gasteiger partial charge in [0, 0.05) is 80.2 Å². The maximum absolute atomic E-state index is 14.1. The van der Waals surface area contributed by atoms with Crippen molar-refractivity contribution in [2.75, 3.05) is 83.4 Å². The third kappa shape index (κ3) is 15.7. The zero-order valence-electron chi connectivity index (χ0n) is 34.3. The fourth-order valence-corrected chi connectivity index (χ4v) is 6.30. The van der Waals surface area contributed by atoms with Crippen molar-refractivity contribution in [3.63, 3.8) is 0 Å². The van der Waals surface area contributed by atoms with Gasteiger partial charge in [0.2, 0.25) is 0 Å². The highest BCUT2D eigenvalue weighted by Gasteiger charge is 2.52. The molecule has 0 aromatic heterocycles. The summed E-state index contributed by atoms with van der Waals surface area (Å²) in [6.45, 7) is 8.48. The summed E-state index contributed by atoms with van der Waals surface area (Å²) in [5.41, 5.74) is 0. The van der Waals surface area contributed by atoms with Crippen molar-refractivity contribution in [3.8, 4) is 0 Å². The van der Waals surface area contributed by atoms with Crippen LogP contribution in [-0.2, 0) is 75.9 Å². The van der Waals surface area contributed by atoms with Crippen molar-refractivity contribution in [3.05, 3.63) is 0 Å². The van der Waals surface area contributed by atoms with Crippen LogP contribution in [0.4, 0.5) is 0 Å². The summed E-state index contributed by atoms with van der Waals surface area (Å²) in [5.74, 6) is -10.7. The van der Waals surface area contributed by atoms with Crippen LogP contribution >= 0.6 is 0 Å². The van der Waals surface area contributed by atoms with Crippen LogP contribution in [0.2, 0.25) is 0 Å². The van der Waals surface area contributed by atoms with Gasteiger partial charge in [0.05, 0.1) is 24.4 Å². The molecule has 0 aromatic carbocycles. The minimum atomic E-state index is -2.24. The van der Waals surface area contributed by atoms with Crippen LogP contribution in [0.25, 0.3) is 0 Å². The van der Waals surface area contributed by atoms with E-state index in [1.165, 1.54) is 56.5 Å². The first kappa shape index (κ1) is 50.4. The van der Waals surface area contributed by atoms with Gasteiger partial charge in [0.25, 0.3) is 0 Å². The second-order valence-electron chi connectivity index (χ2n) is 13.7. The molecule has 2 unspecified atom stereocenters. The van der Waals surface area contributed by atoms with Gasteiger partial charge in [-0.3, -0.25) is 9.59 Å². The molecule has 2 N–H and O–H groups in total. The van der Waals surface area contributed by atoms with E-state index < -0.39 is 83.8 Å². The van der Waals surface area contributed by atoms with Gasteiger partial charge < -0.3 is 76.5 Å². The molecule has 1 aliphatic heterocycles. The molecule has 54 heavy (non-hydrogen) atoms. The van der Waals surface area contributed by atoms with E-state index >= 15 is 0 Å². The Kier molecular flexibility index (Phi) is 24.6. The normalized spacial score (nSPS) is 33.2. The molecule has 320 valence electrons. The number of methoxy groups -OCH3 is 6. The predicted octanol–water partition coefficient (Wildman–Crippen LogP) is 2.54. The summed E-state index contributed by atoms with van der Waals surface area (Å²) in [5, 5.41) is 24.6. The minimum Gasteiger partial charge on any atom is -0.462 e. The number of carbonyl (C=O) groups is 2. The predicted molar refractivity (Wildman–Crippen MR) is 189 cm³/mol. The highest BCUT2D eigenvalue weighted by Crippen LogP contribution is 2.39. The van der Waals surface area contributed by atoms with Crippen LogP contribution in [0, 0.1) is 23.7 Å². The molecule has 12 atom stereocenters. The van der Waals surface area contributed by atoms with Crippen LogP contribution in [0.1, 0.15) is 67.2 Å². The zero-order valence-corrected chi connectivity index (χ0v) is 34.3. The van der Waals surface area contributed by atoms with Crippen LogP contribution in [0.5, 0.6) is 0 Å². The molecule has 1 aliphatic rings. The van der Waals surface area contributed by atoms with Crippen molar-refractivity contribution in [1.82, 2.24) is 0 Å². The Labute approximate surface area is 320 Å². The van der Waals surface area contributed by atoms with Gasteiger partial charge in [-0.05, 0) is 27.7 Å². The number of esters is 2. The van der Waals surface area contributed by atoms with E-state index in [2.05, 4.69) is 0 Å². The maximum atomic E-state index is 14.1. The first-order valence-electron chi connectivity index (χ1n) is 18.1. The van der Waals surface area contributed by atoms with E-state index in [9.17, 15) is 19.8 Å². The van der Waals surface area contributed by atoms with Gasteiger partial charge in [-0.25, -0.2) is 0 Å². The molecule has 18 heteroatoms. The van der Waals surface area contributed by atoms with Crippen molar-refractivity contribution >= 4 is 11.9 Å². The molecule has 1 saturated heterocycles. The van der Waals surface area contributed by atoms with Gasteiger partial charge in [-0.1, -0.05) is 13.8 Å². The van der Waals surface area contributed by atoms with E-state index in [-0.39, 0.29) is 66.4 Å². The fraction of sp³-hybridized carbons (Fsp3) is 0.944. The van der Waals surface area contributed by atoms with Crippen LogP contribution in [0.15, 0.2) is 0 Å². The molecule has 18 nitrogen and oxygen atoms in total. The zero-order chi connectivity index (χ0) is 40.9. The molecular weight excluding hydrogens is 720 g/mol. The Morgan fingerprint density at radius 2 is 0.889 bits per heavy atom. The lowest BCUT2D eigenvalue weighted by atomic mass is 9.81. The Balaban J connectivity index is 4.01. The summed E-state index contributed by atoms with van der Waals surface area (Å²) < 4.78 is 78.5. The molecule has 0 aromatic rings. The van der Waals surface area contributed by atoms with Gasteiger partial charge in [0.1, 0.15) is 64.8 Å². The van der Waals surface area contributed by atoms with E-state index in [0.717, 1.165) is 0 Å². The number of rotatable bonds is 22. The van der Waals surface area contributed by atoms with Crippen molar-refractivity contribution in [1.29, 1.82) is 0 Å². The molecule has 1 heterocycles. The van der Waals surface area contributed by atoms with E-state index in [4.69, 9.17) is 66.3 Å². The smallest absolute Gasteiger partial charge is 0.314 e. The van der Waals surface area contributed by atoms with Gasteiger partial charge >= 0.3 is 11.9 Å². The lowest BCUT2D eigenvalue weighted by Crippen LogP contribution is -2.56. The first-order chi connectivity index (χ1) is 25.6. The Morgan fingerprint density at radius 1 is 0.574 bits per heavy atom. The summed E-state index contributed by atoms with van der Waals surface area (Å²) in [6.07, 6.45) is -4.52. The maximum Gasteiger partial charge on any atom is 0.314 e. The van der Waals surface area contributed by atoms with E-state index in [0.29, 0.717) is 0 Å². The summed E-state index contributed by atoms with van der Waals surface area (Å²) in [6, 6.07) is 0. The van der Waals surface area contributed by atoms with E-state index in [1.807, 2.05) is 0 Å². The Bertz CT molecular complexity index is 944. The summed E-state index contributed by atoms with van der Waals surface area (Å²) >= 11 is 0. The molecule has 0 amide bonds. The average molecular weight is 789 g/mol. The summed E-state index contributed by atoms with van der Waals surface area (Å²) in [4.78, 5) is 28.3. The molecule has 0 spiro atoms. The molecule has 0 aliphatic carbocycles. The third-order valence-electron chi connectivity index (χ3n) is 9.67. The fourth-order valence-electron chi connectivity index (χ4n) is 6.30. The molecular formula is C36H68O18. The summed E-state index contributed by atoms with van der Waals surface area (Å²) in [7, 11) is 8.56. The second kappa shape index (κ2) is 26.3. The average Bonchev–Trinajstić information content (AvgIpc) is 3.15. The number of cyclic esters (lactones) is 2. The second-order valence-corrected chi connectivity index (χ2v) is 13.7. The van der Waals surface area contributed by atoms with Crippen molar-refractivity contribution in [2.45, 2.75) is 115 Å². The minimum absolute atomic E-state index is 0.0221. The number of carbonyl (C=O) groups excluding carboxylic acids is 2. The highest BCUT2D eigenvalue weighted by atomic mass is 16.7.